The molecule has 1 rings (SSSR count). The molecule has 0 fully saturated rings. The predicted molar refractivity (Wildman–Crippen MR) is 54.5 cm³/mol. The van der Waals surface area contributed by atoms with Crippen LogP contribution in [0.2, 0.25) is 0 Å². The summed E-state index contributed by atoms with van der Waals surface area (Å²) in [6.45, 7) is 0. The first kappa shape index (κ1) is 9.69. The van der Waals surface area contributed by atoms with Crippen LogP contribution in [0, 0.1) is 0 Å². The van der Waals surface area contributed by atoms with Crippen molar-refractivity contribution in [1.82, 2.24) is 0 Å². The Morgan fingerprint density at radius 3 is 2.75 bits per heavy atom. The van der Waals surface area contributed by atoms with Crippen molar-refractivity contribution in [3.05, 3.63) is 29.8 Å². The van der Waals surface area contributed by atoms with Crippen LogP contribution < -0.4 is 5.46 Å². The number of carbonyl (C=O) groups excluding carboxylic acids is 1. The van der Waals surface area contributed by atoms with Gasteiger partial charge in [0, 0.05) is 5.56 Å². The number of aldehydes is 1. The van der Waals surface area contributed by atoms with Crippen molar-refractivity contribution in [3.8, 4) is 0 Å². The van der Waals surface area contributed by atoms with Crippen molar-refractivity contribution in [2.75, 3.05) is 0 Å². The van der Waals surface area contributed by atoms with Gasteiger partial charge in [-0.3, -0.25) is 4.79 Å². The molecule has 0 aromatic heterocycles. The van der Waals surface area contributed by atoms with Gasteiger partial charge in [0.25, 0.3) is 0 Å². The van der Waals surface area contributed by atoms with Crippen LogP contribution in [0.1, 0.15) is 10.4 Å². The molecule has 12 heavy (non-hydrogen) atoms. The van der Waals surface area contributed by atoms with Crippen LogP contribution in [-0.4, -0.2) is 18.4 Å². The van der Waals surface area contributed by atoms with Gasteiger partial charge in [-0.25, -0.2) is 0 Å². The van der Waals surface area contributed by atoms with Gasteiger partial charge in [0.05, 0.1) is 23.0 Å². The minimum absolute atomic E-state index is 0.446. The lowest BCUT2D eigenvalue weighted by Crippen LogP contribution is -2.33. The van der Waals surface area contributed by atoms with E-state index in [4.69, 9.17) is 0 Å². The Morgan fingerprint density at radius 2 is 2.17 bits per heavy atom. The number of benzene rings is 1. The molecule has 3 nitrogen and oxygen atoms in total. The third-order valence-electron chi connectivity index (χ3n) is 1.47. The molecule has 1 aromatic carbocycles. The maximum Gasteiger partial charge on any atom is 0.501 e. The molecule has 0 unspecified atom stereocenters. The molecule has 0 aliphatic heterocycles. The molecule has 0 heterocycles. The first-order valence-electron chi connectivity index (χ1n) is 3.29. The van der Waals surface area contributed by atoms with Gasteiger partial charge in [0.1, 0.15) is 6.29 Å². The summed E-state index contributed by atoms with van der Waals surface area (Å²) in [6.07, 6.45) is 0.689. The molecule has 0 atom stereocenters. The molecule has 0 aliphatic carbocycles. The SMILES string of the molecule is O=Cc1ccccc1B(O)OI. The van der Waals surface area contributed by atoms with E-state index in [1.165, 1.54) is 0 Å². The minimum atomic E-state index is -1.04. The second-order valence-electron chi connectivity index (χ2n) is 2.19. The summed E-state index contributed by atoms with van der Waals surface area (Å²) in [4.78, 5) is 10.5. The van der Waals surface area contributed by atoms with E-state index >= 15 is 0 Å². The van der Waals surface area contributed by atoms with Crippen molar-refractivity contribution < 1.29 is 12.8 Å². The number of hydrogen-bond donors (Lipinski definition) is 1. The molecule has 5 heteroatoms. The van der Waals surface area contributed by atoms with Gasteiger partial charge in [0.2, 0.25) is 0 Å². The molecular weight excluding hydrogens is 270 g/mol. The summed E-state index contributed by atoms with van der Waals surface area (Å²) in [5.74, 6) is 0. The molecule has 0 amide bonds. The molecule has 1 N–H and O–H groups in total. The van der Waals surface area contributed by atoms with E-state index in [1.54, 1.807) is 47.3 Å². The zero-order chi connectivity index (χ0) is 8.97. The zero-order valence-electron chi connectivity index (χ0n) is 6.11. The molecule has 62 valence electrons. The Balaban J connectivity index is 3.04. The van der Waals surface area contributed by atoms with Crippen LogP contribution in [0.4, 0.5) is 0 Å². The highest BCUT2D eigenvalue weighted by atomic mass is 127. The summed E-state index contributed by atoms with van der Waals surface area (Å²) in [5, 5.41) is 9.25. The summed E-state index contributed by atoms with van der Waals surface area (Å²) in [6, 6.07) is 6.74. The second-order valence-corrected chi connectivity index (χ2v) is 2.70. The molecule has 0 aliphatic rings. The van der Waals surface area contributed by atoms with Crippen LogP contribution in [0.15, 0.2) is 24.3 Å². The minimum Gasteiger partial charge on any atom is -0.423 e. The number of rotatable bonds is 3. The molecule has 0 bridgehead atoms. The van der Waals surface area contributed by atoms with E-state index in [9.17, 15) is 9.82 Å². The summed E-state index contributed by atoms with van der Waals surface area (Å²) >= 11 is 1.58. The Labute approximate surface area is 84.6 Å². The topological polar surface area (TPSA) is 46.5 Å². The molecule has 0 radical (unpaired) electrons. The first-order valence-corrected chi connectivity index (χ1v) is 4.17. The van der Waals surface area contributed by atoms with E-state index in [0.717, 1.165) is 0 Å². The van der Waals surface area contributed by atoms with E-state index in [-0.39, 0.29) is 0 Å². The zero-order valence-corrected chi connectivity index (χ0v) is 8.26. The Kier molecular flexibility index (Phi) is 3.70. The maximum absolute atomic E-state index is 10.5. The number of hydrogen-bond acceptors (Lipinski definition) is 3. The number of carbonyl (C=O) groups is 1. The monoisotopic (exact) mass is 276 g/mol. The van der Waals surface area contributed by atoms with Crippen LogP contribution in [0.3, 0.4) is 0 Å². The van der Waals surface area contributed by atoms with Gasteiger partial charge in [-0.15, -0.1) is 0 Å². The van der Waals surface area contributed by atoms with E-state index < -0.39 is 7.12 Å². The highest BCUT2D eigenvalue weighted by Crippen LogP contribution is 1.97. The third kappa shape index (κ3) is 2.05. The normalized spacial score (nSPS) is 9.50. The van der Waals surface area contributed by atoms with Gasteiger partial charge in [0.15, 0.2) is 0 Å². The van der Waals surface area contributed by atoms with E-state index in [2.05, 4.69) is 2.98 Å². The first-order chi connectivity index (χ1) is 5.79. The highest BCUT2D eigenvalue weighted by Gasteiger charge is 2.18. The van der Waals surface area contributed by atoms with Gasteiger partial charge in [-0.2, -0.15) is 0 Å². The third-order valence-corrected chi connectivity index (χ3v) is 1.96. The summed E-state index contributed by atoms with van der Waals surface area (Å²) in [7, 11) is -1.04. The van der Waals surface area contributed by atoms with Gasteiger partial charge < -0.3 is 8.01 Å². The fraction of sp³-hybridized carbons (Fsp3) is 0. The standard InChI is InChI=1S/C7H6BIO3/c9-12-8(11)7-4-2-1-3-6(7)5-10/h1-5,11H. The van der Waals surface area contributed by atoms with Crippen molar-refractivity contribution >= 4 is 41.9 Å². The van der Waals surface area contributed by atoms with Crippen molar-refractivity contribution in [2.45, 2.75) is 0 Å². The summed E-state index contributed by atoms with van der Waals surface area (Å²) in [5.41, 5.74) is 0.934. The Morgan fingerprint density at radius 1 is 1.50 bits per heavy atom. The number of halogens is 1. The maximum atomic E-state index is 10.5. The van der Waals surface area contributed by atoms with Crippen LogP contribution in [0.25, 0.3) is 0 Å². The van der Waals surface area contributed by atoms with Crippen LogP contribution in [0.5, 0.6) is 0 Å². The fourth-order valence-electron chi connectivity index (χ4n) is 0.891. The van der Waals surface area contributed by atoms with Crippen LogP contribution in [-0.2, 0) is 2.98 Å². The Hall–Kier alpha value is -0.395. The lowest BCUT2D eigenvalue weighted by molar-refractivity contribution is 0.112. The molecule has 1 aromatic rings. The van der Waals surface area contributed by atoms with Crippen LogP contribution >= 0.6 is 23.0 Å². The molecule has 0 saturated heterocycles. The Bertz CT molecular complexity index is 279. The van der Waals surface area contributed by atoms with Crippen molar-refractivity contribution in [3.63, 3.8) is 0 Å². The molecular formula is C7H6BIO3. The quantitative estimate of drug-likeness (QED) is 0.498. The largest absolute Gasteiger partial charge is 0.501 e. The average Bonchev–Trinajstić information content (AvgIpc) is 2.16. The van der Waals surface area contributed by atoms with Gasteiger partial charge in [-0.1, -0.05) is 24.3 Å². The lowest BCUT2D eigenvalue weighted by Gasteiger charge is -2.03. The fourth-order valence-corrected chi connectivity index (χ4v) is 1.17. The van der Waals surface area contributed by atoms with Crippen molar-refractivity contribution in [2.24, 2.45) is 0 Å². The smallest absolute Gasteiger partial charge is 0.423 e. The summed E-state index contributed by atoms with van der Waals surface area (Å²) < 4.78 is 4.65. The van der Waals surface area contributed by atoms with E-state index in [0.29, 0.717) is 17.3 Å². The predicted octanol–water partition coefficient (Wildman–Crippen LogP) is 0.553. The lowest BCUT2D eigenvalue weighted by atomic mass is 9.77. The molecule has 0 spiro atoms. The van der Waals surface area contributed by atoms with Crippen molar-refractivity contribution in [1.29, 1.82) is 0 Å². The van der Waals surface area contributed by atoms with Gasteiger partial charge in [-0.05, 0) is 5.46 Å². The van der Waals surface area contributed by atoms with E-state index in [1.807, 2.05) is 0 Å². The van der Waals surface area contributed by atoms with Gasteiger partial charge >= 0.3 is 7.12 Å². The average molecular weight is 276 g/mol. The molecule has 0 saturated carbocycles. The second kappa shape index (κ2) is 4.59. The highest BCUT2D eigenvalue weighted by molar-refractivity contribution is 14.1.